The van der Waals surface area contributed by atoms with Gasteiger partial charge in [-0.25, -0.2) is 8.78 Å². The maximum atomic E-state index is 13.3. The number of alkyl halides is 4. The number of benzene rings is 1. The summed E-state index contributed by atoms with van der Waals surface area (Å²) in [6.07, 6.45) is -6.39. The van der Waals surface area contributed by atoms with Gasteiger partial charge in [-0.3, -0.25) is 0 Å². The van der Waals surface area contributed by atoms with Crippen LogP contribution >= 0.6 is 0 Å². The topological polar surface area (TPSA) is 20.2 Å². The lowest BCUT2D eigenvalue weighted by atomic mass is 9.85. The zero-order valence-corrected chi connectivity index (χ0v) is 11.6. The number of halogens is 4. The molecule has 0 aliphatic carbocycles. The van der Waals surface area contributed by atoms with Gasteiger partial charge in [0.15, 0.2) is 0 Å². The van der Waals surface area contributed by atoms with Crippen LogP contribution in [0, 0.1) is 34.6 Å². The number of rotatable bonds is 3. The highest BCUT2D eigenvalue weighted by Crippen LogP contribution is 2.41. The molecule has 108 valence electrons. The van der Waals surface area contributed by atoms with E-state index in [-0.39, 0.29) is 5.56 Å². The molecule has 0 saturated carbocycles. The Kier molecular flexibility index (Phi) is 4.30. The van der Waals surface area contributed by atoms with Crippen LogP contribution in [-0.2, 0) is 0 Å². The number of aliphatic hydroxyl groups excluding tert-OH is 1. The minimum absolute atomic E-state index is 0.0918. The lowest BCUT2D eigenvalue weighted by molar-refractivity contribution is -0.194. The molecular weight excluding hydrogens is 260 g/mol. The second-order valence-electron chi connectivity index (χ2n) is 4.92. The van der Waals surface area contributed by atoms with E-state index in [0.29, 0.717) is 11.1 Å². The van der Waals surface area contributed by atoms with E-state index in [1.165, 1.54) is 0 Å². The summed E-state index contributed by atoms with van der Waals surface area (Å²) in [5, 5.41) is 9.69. The van der Waals surface area contributed by atoms with E-state index in [1.54, 1.807) is 27.7 Å². The molecule has 0 spiro atoms. The van der Waals surface area contributed by atoms with Crippen LogP contribution in [0.5, 0.6) is 0 Å². The first-order chi connectivity index (χ1) is 8.53. The van der Waals surface area contributed by atoms with Gasteiger partial charge in [-0.1, -0.05) is 0 Å². The van der Waals surface area contributed by atoms with E-state index in [4.69, 9.17) is 0 Å². The first-order valence-corrected chi connectivity index (χ1v) is 5.94. The summed E-state index contributed by atoms with van der Waals surface area (Å²) in [6.45, 7) is 8.43. The van der Waals surface area contributed by atoms with Gasteiger partial charge >= 0.3 is 12.3 Å². The largest absolute Gasteiger partial charge is 0.382 e. The maximum Gasteiger partial charge on any atom is 0.336 e. The molecule has 1 aromatic carbocycles. The molecule has 1 rings (SSSR count). The van der Waals surface area contributed by atoms with Crippen molar-refractivity contribution in [3.05, 3.63) is 33.4 Å². The Morgan fingerprint density at radius 2 is 1.11 bits per heavy atom. The zero-order valence-electron chi connectivity index (χ0n) is 11.6. The normalized spacial score (nSPS) is 14.1. The summed E-state index contributed by atoms with van der Waals surface area (Å²) in [5.74, 6) is -4.45. The SMILES string of the molecule is Cc1c(C)c(C)c(C(O)C(F)(F)C(F)F)c(C)c1C. The van der Waals surface area contributed by atoms with Crippen LogP contribution in [0.3, 0.4) is 0 Å². The van der Waals surface area contributed by atoms with E-state index < -0.39 is 18.5 Å². The standard InChI is InChI=1S/C14H18F4O/c1-6-7(2)9(4)11(10(5)8(6)3)12(19)14(17,18)13(15)16/h12-13,19H,1-5H3. The third kappa shape index (κ3) is 2.48. The monoisotopic (exact) mass is 278 g/mol. The van der Waals surface area contributed by atoms with Crippen molar-refractivity contribution in [3.63, 3.8) is 0 Å². The van der Waals surface area contributed by atoms with E-state index >= 15 is 0 Å². The van der Waals surface area contributed by atoms with Crippen molar-refractivity contribution in [1.29, 1.82) is 0 Å². The summed E-state index contributed by atoms with van der Waals surface area (Å²) < 4.78 is 51.5. The molecule has 0 aromatic heterocycles. The molecule has 5 heteroatoms. The van der Waals surface area contributed by atoms with Crippen LogP contribution in [0.2, 0.25) is 0 Å². The molecule has 0 aliphatic heterocycles. The molecule has 0 saturated heterocycles. The third-order valence-corrected chi connectivity index (χ3v) is 3.99. The summed E-state index contributed by atoms with van der Waals surface area (Å²) in [5.41, 5.74) is 3.18. The van der Waals surface area contributed by atoms with E-state index in [1.807, 2.05) is 6.92 Å². The van der Waals surface area contributed by atoms with Crippen LogP contribution in [0.15, 0.2) is 0 Å². The zero-order chi connectivity index (χ0) is 15.1. The van der Waals surface area contributed by atoms with E-state index in [0.717, 1.165) is 16.7 Å². The van der Waals surface area contributed by atoms with Gasteiger partial charge in [0.1, 0.15) is 6.10 Å². The quantitative estimate of drug-likeness (QED) is 0.823. The predicted octanol–water partition coefficient (Wildman–Crippen LogP) is 4.16. The van der Waals surface area contributed by atoms with E-state index in [9.17, 15) is 22.7 Å². The smallest absolute Gasteiger partial charge is 0.336 e. The average Bonchev–Trinajstić information content (AvgIpc) is 2.33. The molecule has 1 nitrogen and oxygen atoms in total. The van der Waals surface area contributed by atoms with Gasteiger partial charge in [-0.15, -0.1) is 0 Å². The fourth-order valence-electron chi connectivity index (χ4n) is 2.25. The van der Waals surface area contributed by atoms with Crippen LogP contribution in [0.1, 0.15) is 39.5 Å². The molecule has 0 amide bonds. The van der Waals surface area contributed by atoms with Crippen molar-refractivity contribution < 1.29 is 22.7 Å². The Morgan fingerprint density at radius 1 is 0.789 bits per heavy atom. The highest BCUT2D eigenvalue weighted by molar-refractivity contribution is 5.50. The first kappa shape index (κ1) is 16.0. The summed E-state index contributed by atoms with van der Waals surface area (Å²) in [4.78, 5) is 0. The van der Waals surface area contributed by atoms with Crippen molar-refractivity contribution in [2.45, 2.75) is 53.1 Å². The molecule has 0 bridgehead atoms. The Morgan fingerprint density at radius 3 is 1.42 bits per heavy atom. The van der Waals surface area contributed by atoms with Crippen molar-refractivity contribution in [3.8, 4) is 0 Å². The number of hydrogen-bond donors (Lipinski definition) is 1. The predicted molar refractivity (Wildman–Crippen MR) is 66.0 cm³/mol. The van der Waals surface area contributed by atoms with Gasteiger partial charge in [0, 0.05) is 0 Å². The van der Waals surface area contributed by atoms with Crippen molar-refractivity contribution in [1.82, 2.24) is 0 Å². The van der Waals surface area contributed by atoms with Gasteiger partial charge < -0.3 is 5.11 Å². The fourth-order valence-corrected chi connectivity index (χ4v) is 2.25. The van der Waals surface area contributed by atoms with Crippen molar-refractivity contribution in [2.75, 3.05) is 0 Å². The molecule has 1 unspecified atom stereocenters. The second kappa shape index (κ2) is 5.12. The fraction of sp³-hybridized carbons (Fsp3) is 0.571. The molecule has 0 fully saturated rings. The molecule has 0 radical (unpaired) electrons. The number of hydrogen-bond acceptors (Lipinski definition) is 1. The van der Waals surface area contributed by atoms with Crippen LogP contribution < -0.4 is 0 Å². The molecule has 0 heterocycles. The Hall–Kier alpha value is -1.10. The first-order valence-electron chi connectivity index (χ1n) is 5.94. The molecule has 0 aliphatic rings. The molecular formula is C14H18F4O. The van der Waals surface area contributed by atoms with Gasteiger partial charge in [0.05, 0.1) is 0 Å². The van der Waals surface area contributed by atoms with Crippen molar-refractivity contribution >= 4 is 0 Å². The lowest BCUT2D eigenvalue weighted by Gasteiger charge is -2.27. The highest BCUT2D eigenvalue weighted by atomic mass is 19.3. The second-order valence-corrected chi connectivity index (χ2v) is 4.92. The van der Waals surface area contributed by atoms with Gasteiger partial charge in [0.25, 0.3) is 0 Å². The van der Waals surface area contributed by atoms with Gasteiger partial charge in [-0.05, 0) is 68.0 Å². The summed E-state index contributed by atoms with van der Waals surface area (Å²) in [7, 11) is 0. The van der Waals surface area contributed by atoms with Gasteiger partial charge in [-0.2, -0.15) is 8.78 Å². The molecule has 1 aromatic rings. The Labute approximate surface area is 110 Å². The summed E-state index contributed by atoms with van der Waals surface area (Å²) >= 11 is 0. The molecule has 1 atom stereocenters. The molecule has 1 N–H and O–H groups in total. The number of aliphatic hydroxyl groups is 1. The lowest BCUT2D eigenvalue weighted by Crippen LogP contribution is -2.35. The minimum atomic E-state index is -4.45. The van der Waals surface area contributed by atoms with Crippen LogP contribution in [-0.4, -0.2) is 17.5 Å². The summed E-state index contributed by atoms with van der Waals surface area (Å²) in [6, 6.07) is 0. The Balaban J connectivity index is 3.53. The minimum Gasteiger partial charge on any atom is -0.382 e. The van der Waals surface area contributed by atoms with E-state index in [2.05, 4.69) is 0 Å². The third-order valence-electron chi connectivity index (χ3n) is 3.99. The van der Waals surface area contributed by atoms with Crippen LogP contribution in [0.25, 0.3) is 0 Å². The van der Waals surface area contributed by atoms with Gasteiger partial charge in [0.2, 0.25) is 0 Å². The highest BCUT2D eigenvalue weighted by Gasteiger charge is 2.49. The average molecular weight is 278 g/mol. The van der Waals surface area contributed by atoms with Crippen molar-refractivity contribution in [2.24, 2.45) is 0 Å². The Bertz CT molecular complexity index is 466. The molecule has 19 heavy (non-hydrogen) atoms. The van der Waals surface area contributed by atoms with Crippen LogP contribution in [0.4, 0.5) is 17.6 Å². The maximum absolute atomic E-state index is 13.3.